The lowest BCUT2D eigenvalue weighted by Crippen LogP contribution is -2.30. The van der Waals surface area contributed by atoms with Gasteiger partial charge in [-0.05, 0) is 25.1 Å². The Morgan fingerprint density at radius 2 is 2.08 bits per heavy atom. The van der Waals surface area contributed by atoms with E-state index >= 15 is 0 Å². The summed E-state index contributed by atoms with van der Waals surface area (Å²) in [5, 5.41) is 6.71. The molecule has 128 valence electrons. The highest BCUT2D eigenvalue weighted by molar-refractivity contribution is 7.15. The van der Waals surface area contributed by atoms with Gasteiger partial charge in [-0.3, -0.25) is 9.59 Å². The Labute approximate surface area is 150 Å². The molecule has 0 bridgehead atoms. The Morgan fingerprint density at radius 1 is 1.32 bits per heavy atom. The lowest BCUT2D eigenvalue weighted by molar-refractivity contribution is 0.0933. The highest BCUT2D eigenvalue weighted by atomic mass is 35.5. The molecule has 3 rings (SSSR count). The predicted octanol–water partition coefficient (Wildman–Crippen LogP) is 2.97. The summed E-state index contributed by atoms with van der Waals surface area (Å²) in [5.41, 5.74) is -0.571. The molecule has 0 aliphatic rings. The molecule has 0 unspecified atom stereocenters. The van der Waals surface area contributed by atoms with E-state index in [2.05, 4.69) is 15.4 Å². The third kappa shape index (κ3) is 3.75. The minimum absolute atomic E-state index is 0.00897. The van der Waals surface area contributed by atoms with E-state index in [0.29, 0.717) is 4.47 Å². The van der Waals surface area contributed by atoms with Gasteiger partial charge in [0.25, 0.3) is 11.5 Å². The van der Waals surface area contributed by atoms with E-state index in [4.69, 9.17) is 11.6 Å². The topological polar surface area (TPSA) is 76.9 Å². The molecule has 0 spiro atoms. The molecule has 2 aromatic heterocycles. The van der Waals surface area contributed by atoms with Crippen molar-refractivity contribution in [3.63, 3.8) is 0 Å². The summed E-state index contributed by atoms with van der Waals surface area (Å²) in [6, 6.07) is 7.83. The zero-order valence-corrected chi connectivity index (χ0v) is 14.5. The Bertz CT molecular complexity index is 988. The van der Waals surface area contributed by atoms with Crippen LogP contribution in [0.4, 0.5) is 4.39 Å². The summed E-state index contributed by atoms with van der Waals surface area (Å²) in [5.74, 6) is -1.11. The molecule has 6 nitrogen and oxygen atoms in total. The van der Waals surface area contributed by atoms with Crippen molar-refractivity contribution in [2.24, 2.45) is 0 Å². The molecule has 0 aliphatic carbocycles. The van der Waals surface area contributed by atoms with Crippen LogP contribution in [0.3, 0.4) is 0 Å². The number of thiazole rings is 1. The minimum atomic E-state index is -0.609. The SMILES string of the molecule is C[C@@H](NC(=O)c1ccc(=O)n(-c2ccccc2F)n1)c1cnc(Cl)s1. The Kier molecular flexibility index (Phi) is 4.91. The number of rotatable bonds is 4. The molecular weight excluding hydrogens is 367 g/mol. The molecule has 1 aromatic carbocycles. The fourth-order valence-corrected chi connectivity index (χ4v) is 3.09. The lowest BCUT2D eigenvalue weighted by atomic mass is 10.2. The van der Waals surface area contributed by atoms with E-state index in [1.165, 1.54) is 41.7 Å². The quantitative estimate of drug-likeness (QED) is 0.757. The maximum Gasteiger partial charge on any atom is 0.272 e. The van der Waals surface area contributed by atoms with Gasteiger partial charge in [-0.1, -0.05) is 23.7 Å². The van der Waals surface area contributed by atoms with Gasteiger partial charge in [0.2, 0.25) is 0 Å². The maximum absolute atomic E-state index is 13.9. The summed E-state index contributed by atoms with van der Waals surface area (Å²) in [6.07, 6.45) is 1.58. The number of nitrogens with zero attached hydrogens (tertiary/aromatic N) is 3. The molecule has 25 heavy (non-hydrogen) atoms. The van der Waals surface area contributed by atoms with E-state index in [9.17, 15) is 14.0 Å². The van der Waals surface area contributed by atoms with Gasteiger partial charge in [0.05, 0.1) is 6.04 Å². The van der Waals surface area contributed by atoms with Crippen LogP contribution in [0, 0.1) is 5.82 Å². The molecule has 2 heterocycles. The summed E-state index contributed by atoms with van der Waals surface area (Å²) < 4.78 is 15.1. The average Bonchev–Trinajstić information content (AvgIpc) is 3.02. The average molecular weight is 379 g/mol. The van der Waals surface area contributed by atoms with Gasteiger partial charge in [0.15, 0.2) is 4.47 Å². The third-order valence-corrected chi connectivity index (χ3v) is 4.68. The van der Waals surface area contributed by atoms with Crippen LogP contribution in [0.1, 0.15) is 28.3 Å². The molecule has 1 atom stereocenters. The van der Waals surface area contributed by atoms with Gasteiger partial charge in [-0.15, -0.1) is 11.3 Å². The number of aromatic nitrogens is 3. The number of carbonyl (C=O) groups excluding carboxylic acids is 1. The number of benzene rings is 1. The van der Waals surface area contributed by atoms with Crippen LogP contribution in [0.2, 0.25) is 4.47 Å². The first kappa shape index (κ1) is 17.2. The molecule has 0 saturated carbocycles. The van der Waals surface area contributed by atoms with E-state index in [1.54, 1.807) is 19.2 Å². The van der Waals surface area contributed by atoms with Crippen LogP contribution < -0.4 is 10.9 Å². The van der Waals surface area contributed by atoms with Crippen molar-refractivity contribution in [1.29, 1.82) is 0 Å². The number of hydrogen-bond acceptors (Lipinski definition) is 5. The van der Waals surface area contributed by atoms with Gasteiger partial charge < -0.3 is 5.32 Å². The van der Waals surface area contributed by atoms with E-state index in [0.717, 1.165) is 9.56 Å². The number of amides is 1. The van der Waals surface area contributed by atoms with Crippen molar-refractivity contribution >= 4 is 28.8 Å². The first-order valence-corrected chi connectivity index (χ1v) is 8.42. The number of hydrogen-bond donors (Lipinski definition) is 1. The molecule has 0 aliphatic heterocycles. The van der Waals surface area contributed by atoms with Crippen molar-refractivity contribution in [3.05, 3.63) is 73.8 Å². The van der Waals surface area contributed by atoms with Crippen molar-refractivity contribution in [3.8, 4) is 5.69 Å². The third-order valence-electron chi connectivity index (χ3n) is 3.38. The Hall–Kier alpha value is -2.58. The monoisotopic (exact) mass is 378 g/mol. The smallest absolute Gasteiger partial charge is 0.272 e. The highest BCUT2D eigenvalue weighted by Crippen LogP contribution is 2.23. The van der Waals surface area contributed by atoms with Gasteiger partial charge in [-0.2, -0.15) is 9.78 Å². The van der Waals surface area contributed by atoms with Gasteiger partial charge in [0, 0.05) is 17.1 Å². The highest BCUT2D eigenvalue weighted by Gasteiger charge is 2.17. The summed E-state index contributed by atoms with van der Waals surface area (Å²) in [4.78, 5) is 29.1. The Balaban J connectivity index is 1.88. The molecular formula is C16H12ClFN4O2S. The molecule has 1 N–H and O–H groups in total. The largest absolute Gasteiger partial charge is 0.343 e. The molecule has 3 aromatic rings. The van der Waals surface area contributed by atoms with Crippen LogP contribution in [-0.2, 0) is 0 Å². The van der Waals surface area contributed by atoms with Crippen LogP contribution in [0.5, 0.6) is 0 Å². The standard InChI is InChI=1S/C16H12ClFN4O2S/c1-9(13-8-19-16(17)25-13)20-15(24)11-6-7-14(23)22(21-11)12-5-3-2-4-10(12)18/h2-9H,1H3,(H,20,24)/t9-/m1/s1. The van der Waals surface area contributed by atoms with Crippen LogP contribution in [0.15, 0.2) is 47.4 Å². The van der Waals surface area contributed by atoms with Crippen molar-refractivity contribution in [2.45, 2.75) is 13.0 Å². The van der Waals surface area contributed by atoms with Crippen LogP contribution in [-0.4, -0.2) is 20.7 Å². The number of nitrogens with one attached hydrogen (secondary N) is 1. The first-order chi connectivity index (χ1) is 12.0. The van der Waals surface area contributed by atoms with Crippen molar-refractivity contribution in [1.82, 2.24) is 20.1 Å². The second kappa shape index (κ2) is 7.12. The minimum Gasteiger partial charge on any atom is -0.343 e. The second-order valence-corrected chi connectivity index (χ2v) is 6.78. The first-order valence-electron chi connectivity index (χ1n) is 7.23. The summed E-state index contributed by atoms with van der Waals surface area (Å²) >= 11 is 7.04. The number of para-hydroxylation sites is 1. The number of halogens is 2. The van der Waals surface area contributed by atoms with Crippen LogP contribution in [0.25, 0.3) is 5.69 Å². The van der Waals surface area contributed by atoms with Crippen molar-refractivity contribution in [2.75, 3.05) is 0 Å². The molecule has 0 saturated heterocycles. The fraction of sp³-hybridized carbons (Fsp3) is 0.125. The van der Waals surface area contributed by atoms with Crippen molar-refractivity contribution < 1.29 is 9.18 Å². The van der Waals surface area contributed by atoms with Gasteiger partial charge >= 0.3 is 0 Å². The fourth-order valence-electron chi connectivity index (χ4n) is 2.13. The van der Waals surface area contributed by atoms with E-state index < -0.39 is 17.3 Å². The second-order valence-electron chi connectivity index (χ2n) is 5.13. The normalized spacial score (nSPS) is 12.0. The Morgan fingerprint density at radius 3 is 2.76 bits per heavy atom. The molecule has 0 radical (unpaired) electrons. The summed E-state index contributed by atoms with van der Waals surface area (Å²) in [6.45, 7) is 1.77. The number of carbonyl (C=O) groups is 1. The van der Waals surface area contributed by atoms with Gasteiger partial charge in [0.1, 0.15) is 17.2 Å². The van der Waals surface area contributed by atoms with Crippen LogP contribution >= 0.6 is 22.9 Å². The molecule has 9 heteroatoms. The molecule has 1 amide bonds. The maximum atomic E-state index is 13.9. The lowest BCUT2D eigenvalue weighted by Gasteiger charge is -2.12. The van der Waals surface area contributed by atoms with E-state index in [-0.39, 0.29) is 17.4 Å². The zero-order valence-electron chi connectivity index (χ0n) is 12.9. The van der Waals surface area contributed by atoms with Gasteiger partial charge in [-0.25, -0.2) is 9.37 Å². The zero-order chi connectivity index (χ0) is 18.0. The predicted molar refractivity (Wildman–Crippen MR) is 92.8 cm³/mol. The van der Waals surface area contributed by atoms with E-state index in [1.807, 2.05) is 0 Å². The molecule has 0 fully saturated rings. The summed E-state index contributed by atoms with van der Waals surface area (Å²) in [7, 11) is 0.